The summed E-state index contributed by atoms with van der Waals surface area (Å²) < 4.78 is 5.55. The maximum Gasteiger partial charge on any atom is 0.313 e. The zero-order chi connectivity index (χ0) is 17.2. The minimum atomic E-state index is -0.263. The van der Waals surface area contributed by atoms with Crippen LogP contribution in [0.4, 0.5) is 0 Å². The average molecular weight is 338 g/mol. The molecule has 3 rings (SSSR count). The molecule has 1 saturated carbocycles. The van der Waals surface area contributed by atoms with Crippen LogP contribution >= 0.6 is 0 Å². The van der Waals surface area contributed by atoms with E-state index in [1.54, 1.807) is 0 Å². The van der Waals surface area contributed by atoms with Gasteiger partial charge in [0.1, 0.15) is 0 Å². The van der Waals surface area contributed by atoms with Crippen molar-refractivity contribution >= 4 is 5.97 Å². The molecule has 138 valence electrons. The predicted molar refractivity (Wildman–Crippen MR) is 95.9 cm³/mol. The third-order valence-corrected chi connectivity index (χ3v) is 6.10. The van der Waals surface area contributed by atoms with Gasteiger partial charge in [-0.05, 0) is 59.2 Å². The second-order valence-corrected chi connectivity index (χ2v) is 8.42. The number of rotatable bonds is 7. The number of hydrogen-bond acceptors (Lipinski definition) is 5. The Hall–Kier alpha value is -0.650. The number of carbonyl (C=O) groups is 1. The van der Waals surface area contributed by atoms with Crippen LogP contribution in [0.3, 0.4) is 0 Å². The van der Waals surface area contributed by atoms with Crippen molar-refractivity contribution in [3.63, 3.8) is 0 Å². The van der Waals surface area contributed by atoms with E-state index in [1.807, 2.05) is 6.92 Å². The Bertz CT molecular complexity index is 438. The molecular weight excluding hydrogens is 302 g/mol. The van der Waals surface area contributed by atoms with Crippen molar-refractivity contribution in [2.45, 2.75) is 32.6 Å². The van der Waals surface area contributed by atoms with Gasteiger partial charge in [0.2, 0.25) is 0 Å². The quantitative estimate of drug-likeness (QED) is 0.659. The molecule has 0 bridgehead atoms. The summed E-state index contributed by atoms with van der Waals surface area (Å²) in [5.41, 5.74) is -0.263. The molecule has 2 heterocycles. The van der Waals surface area contributed by atoms with Crippen molar-refractivity contribution in [3.8, 4) is 0 Å². The third-order valence-electron chi connectivity index (χ3n) is 6.10. The first-order chi connectivity index (χ1) is 11.5. The van der Waals surface area contributed by atoms with Gasteiger partial charge in [-0.3, -0.25) is 4.79 Å². The molecule has 3 aliphatic rings. The smallest absolute Gasteiger partial charge is 0.313 e. The van der Waals surface area contributed by atoms with Crippen LogP contribution in [-0.2, 0) is 9.53 Å². The summed E-state index contributed by atoms with van der Waals surface area (Å²) in [4.78, 5) is 20.3. The van der Waals surface area contributed by atoms with E-state index in [4.69, 9.17) is 4.74 Å². The summed E-state index contributed by atoms with van der Waals surface area (Å²) in [6.45, 7) is 9.95. The number of carbonyl (C=O) groups excluding carboxylic acids is 1. The van der Waals surface area contributed by atoms with Crippen molar-refractivity contribution in [2.24, 2.45) is 17.3 Å². The summed E-state index contributed by atoms with van der Waals surface area (Å²) in [7, 11) is 4.24. The Morgan fingerprint density at radius 3 is 2.67 bits per heavy atom. The zero-order valence-corrected chi connectivity index (χ0v) is 15.8. The van der Waals surface area contributed by atoms with E-state index in [-0.39, 0.29) is 11.4 Å². The standard InChI is InChI=1S/C19H35N3O2/c1-4-24-18(23)19-8-5-9-21(12-16-6-7-16)13-17(19)14-22(15-19)11-10-20(2)3/h16-17H,4-15H2,1-3H3/t17-,19-/m0/s1. The van der Waals surface area contributed by atoms with Crippen LogP contribution < -0.4 is 0 Å². The van der Waals surface area contributed by atoms with Crippen molar-refractivity contribution in [1.29, 1.82) is 0 Å². The Kier molecular flexibility index (Phi) is 5.83. The summed E-state index contributed by atoms with van der Waals surface area (Å²) >= 11 is 0. The first kappa shape index (κ1) is 18.2. The monoisotopic (exact) mass is 337 g/mol. The lowest BCUT2D eigenvalue weighted by atomic mass is 9.75. The molecule has 0 radical (unpaired) electrons. The Morgan fingerprint density at radius 1 is 1.25 bits per heavy atom. The first-order valence-electron chi connectivity index (χ1n) is 9.80. The van der Waals surface area contributed by atoms with Gasteiger partial charge >= 0.3 is 5.97 Å². The van der Waals surface area contributed by atoms with Crippen LogP contribution in [0.5, 0.6) is 0 Å². The number of nitrogens with zero attached hydrogens (tertiary/aromatic N) is 3. The maximum atomic E-state index is 12.9. The molecule has 2 saturated heterocycles. The molecular formula is C19H35N3O2. The molecule has 2 aliphatic heterocycles. The molecule has 0 amide bonds. The van der Waals surface area contributed by atoms with Crippen molar-refractivity contribution in [2.75, 3.05) is 66.5 Å². The van der Waals surface area contributed by atoms with Gasteiger partial charge in [-0.25, -0.2) is 0 Å². The normalized spacial score (nSPS) is 31.9. The summed E-state index contributed by atoms with van der Waals surface area (Å²) in [5.74, 6) is 1.42. The number of likely N-dealkylation sites (tertiary alicyclic amines) is 2. The number of fused-ring (bicyclic) bond motifs is 1. The predicted octanol–water partition coefficient (Wildman–Crippen LogP) is 1.54. The highest BCUT2D eigenvalue weighted by atomic mass is 16.5. The van der Waals surface area contributed by atoms with Gasteiger partial charge in [0.15, 0.2) is 0 Å². The zero-order valence-electron chi connectivity index (χ0n) is 15.8. The minimum absolute atomic E-state index is 0.0654. The van der Waals surface area contributed by atoms with Gasteiger partial charge in [-0.1, -0.05) is 0 Å². The Morgan fingerprint density at radius 2 is 2.00 bits per heavy atom. The van der Waals surface area contributed by atoms with Crippen molar-refractivity contribution < 1.29 is 9.53 Å². The van der Waals surface area contributed by atoms with Crippen LogP contribution in [0.1, 0.15) is 32.6 Å². The van der Waals surface area contributed by atoms with Gasteiger partial charge in [0.05, 0.1) is 12.0 Å². The van der Waals surface area contributed by atoms with Crippen LogP contribution in [0, 0.1) is 17.3 Å². The largest absolute Gasteiger partial charge is 0.466 e. The molecule has 0 spiro atoms. The summed E-state index contributed by atoms with van der Waals surface area (Å²) in [5, 5.41) is 0. The molecule has 1 aliphatic carbocycles. The van der Waals surface area contributed by atoms with E-state index < -0.39 is 0 Å². The topological polar surface area (TPSA) is 36.0 Å². The number of ether oxygens (including phenoxy) is 1. The molecule has 5 heteroatoms. The van der Waals surface area contributed by atoms with E-state index in [2.05, 4.69) is 28.8 Å². The molecule has 3 fully saturated rings. The molecule has 24 heavy (non-hydrogen) atoms. The minimum Gasteiger partial charge on any atom is -0.466 e. The second-order valence-electron chi connectivity index (χ2n) is 8.42. The van der Waals surface area contributed by atoms with Crippen LogP contribution in [0.25, 0.3) is 0 Å². The number of likely N-dealkylation sites (N-methyl/N-ethyl adjacent to an activating group) is 1. The molecule has 0 N–H and O–H groups in total. The highest BCUT2D eigenvalue weighted by molar-refractivity contribution is 5.78. The molecule has 2 atom stereocenters. The van der Waals surface area contributed by atoms with E-state index in [0.717, 1.165) is 58.0 Å². The van der Waals surface area contributed by atoms with Gasteiger partial charge in [-0.2, -0.15) is 0 Å². The first-order valence-corrected chi connectivity index (χ1v) is 9.80. The second kappa shape index (κ2) is 7.71. The van der Waals surface area contributed by atoms with E-state index in [1.165, 1.54) is 19.4 Å². The van der Waals surface area contributed by atoms with Crippen molar-refractivity contribution in [1.82, 2.24) is 14.7 Å². The van der Waals surface area contributed by atoms with Gasteiger partial charge in [0, 0.05) is 45.2 Å². The fourth-order valence-corrected chi connectivity index (χ4v) is 4.57. The van der Waals surface area contributed by atoms with Gasteiger partial charge in [-0.15, -0.1) is 0 Å². The number of hydrogen-bond donors (Lipinski definition) is 0. The lowest BCUT2D eigenvalue weighted by Crippen LogP contribution is -2.43. The highest BCUT2D eigenvalue weighted by Crippen LogP contribution is 2.44. The maximum absolute atomic E-state index is 12.9. The molecule has 0 aromatic rings. The van der Waals surface area contributed by atoms with E-state index in [9.17, 15) is 4.79 Å². The molecule has 5 nitrogen and oxygen atoms in total. The summed E-state index contributed by atoms with van der Waals surface area (Å²) in [6.07, 6.45) is 4.93. The van der Waals surface area contributed by atoms with E-state index in [0.29, 0.717) is 12.5 Å². The Labute approximate surface area is 147 Å². The van der Waals surface area contributed by atoms with Crippen LogP contribution in [0.15, 0.2) is 0 Å². The average Bonchev–Trinajstić information content (AvgIpc) is 3.30. The lowest BCUT2D eigenvalue weighted by molar-refractivity contribution is -0.157. The van der Waals surface area contributed by atoms with Crippen molar-refractivity contribution in [3.05, 3.63) is 0 Å². The SMILES string of the molecule is CCOC(=O)[C@]12CCCN(CC3CC3)C[C@H]1CN(CCN(C)C)C2. The fraction of sp³-hybridized carbons (Fsp3) is 0.947. The molecule has 0 aromatic heterocycles. The third kappa shape index (κ3) is 4.12. The number of esters is 1. The highest BCUT2D eigenvalue weighted by Gasteiger charge is 2.54. The Balaban J connectivity index is 1.71. The van der Waals surface area contributed by atoms with Crippen LogP contribution in [0.2, 0.25) is 0 Å². The van der Waals surface area contributed by atoms with Crippen LogP contribution in [-0.4, -0.2) is 87.2 Å². The van der Waals surface area contributed by atoms with Gasteiger partial charge < -0.3 is 19.4 Å². The summed E-state index contributed by atoms with van der Waals surface area (Å²) in [6, 6.07) is 0. The molecule has 0 aromatic carbocycles. The lowest BCUT2D eigenvalue weighted by Gasteiger charge is -2.31. The van der Waals surface area contributed by atoms with Gasteiger partial charge in [0.25, 0.3) is 0 Å². The fourth-order valence-electron chi connectivity index (χ4n) is 4.57. The molecule has 0 unspecified atom stereocenters. The van der Waals surface area contributed by atoms with E-state index >= 15 is 0 Å².